The Labute approximate surface area is 235 Å². The number of hydrogen-bond donors (Lipinski definition) is 2. The van der Waals surface area contributed by atoms with Crippen molar-refractivity contribution in [2.45, 2.75) is 64.8 Å². The molecule has 3 amide bonds. The van der Waals surface area contributed by atoms with E-state index < -0.39 is 29.6 Å². The Morgan fingerprint density at radius 1 is 1.10 bits per heavy atom. The first-order chi connectivity index (χ1) is 19.0. The number of benzene rings is 2. The molecule has 2 aromatic carbocycles. The lowest BCUT2D eigenvalue weighted by atomic mass is 9.97. The molecule has 0 fully saturated rings. The minimum atomic E-state index is -1.18. The number of ether oxygens (including phenoxy) is 1. The van der Waals surface area contributed by atoms with E-state index in [1.165, 1.54) is 16.7 Å². The summed E-state index contributed by atoms with van der Waals surface area (Å²) in [5.74, 6) is -1.04. The van der Waals surface area contributed by atoms with Gasteiger partial charge < -0.3 is 20.1 Å². The maximum atomic E-state index is 13.8. The van der Waals surface area contributed by atoms with E-state index in [0.717, 1.165) is 5.56 Å². The zero-order chi connectivity index (χ0) is 29.0. The van der Waals surface area contributed by atoms with Crippen LogP contribution in [0.5, 0.6) is 0 Å². The van der Waals surface area contributed by atoms with E-state index in [4.69, 9.17) is 4.74 Å². The van der Waals surface area contributed by atoms with Crippen LogP contribution < -0.4 is 5.32 Å². The molecule has 0 aromatic heterocycles. The highest BCUT2D eigenvalue weighted by atomic mass is 16.5. The number of hydrogen-bond acceptors (Lipinski definition) is 6. The molecule has 0 bridgehead atoms. The lowest BCUT2D eigenvalue weighted by Crippen LogP contribution is -2.57. The van der Waals surface area contributed by atoms with Crippen molar-refractivity contribution < 1.29 is 24.2 Å². The molecule has 2 aliphatic heterocycles. The van der Waals surface area contributed by atoms with Crippen molar-refractivity contribution in [2.75, 3.05) is 13.2 Å². The van der Waals surface area contributed by atoms with Crippen molar-refractivity contribution in [1.82, 2.24) is 15.1 Å². The monoisotopic (exact) mass is 546 g/mol. The summed E-state index contributed by atoms with van der Waals surface area (Å²) < 4.78 is 5.68. The van der Waals surface area contributed by atoms with Crippen LogP contribution >= 0.6 is 0 Å². The van der Waals surface area contributed by atoms with Crippen molar-refractivity contribution >= 4 is 29.3 Å². The highest BCUT2D eigenvalue weighted by Crippen LogP contribution is 2.30. The second-order valence-electron chi connectivity index (χ2n) is 11.3. The summed E-state index contributed by atoms with van der Waals surface area (Å²) in [6.45, 7) is 9.03. The molecule has 2 unspecified atom stereocenters. The quantitative estimate of drug-likeness (QED) is 0.502. The Hall–Kier alpha value is -3.98. The van der Waals surface area contributed by atoms with Crippen molar-refractivity contribution in [3.63, 3.8) is 0 Å². The average Bonchev–Trinajstić information content (AvgIpc) is 3.29. The van der Waals surface area contributed by atoms with E-state index in [9.17, 15) is 19.5 Å². The molecule has 3 atom stereocenters. The molecule has 2 aromatic rings. The van der Waals surface area contributed by atoms with Gasteiger partial charge >= 0.3 is 0 Å². The van der Waals surface area contributed by atoms with Gasteiger partial charge in [-0.2, -0.15) is 0 Å². The lowest BCUT2D eigenvalue weighted by Gasteiger charge is -2.40. The molecule has 0 aliphatic carbocycles. The molecule has 0 radical (unpaired) electrons. The van der Waals surface area contributed by atoms with Crippen LogP contribution in [-0.4, -0.2) is 75.4 Å². The molecule has 0 saturated carbocycles. The molecule has 0 spiro atoms. The minimum absolute atomic E-state index is 0.177. The largest absolute Gasteiger partial charge is 0.476 e. The second kappa shape index (κ2) is 12.0. The van der Waals surface area contributed by atoms with Gasteiger partial charge in [0.15, 0.2) is 0 Å². The lowest BCUT2D eigenvalue weighted by molar-refractivity contribution is -0.144. The number of carbonyl (C=O) groups is 3. The molecule has 9 heteroatoms. The molecule has 0 saturated heterocycles. The van der Waals surface area contributed by atoms with Crippen LogP contribution in [0.2, 0.25) is 0 Å². The van der Waals surface area contributed by atoms with E-state index in [0.29, 0.717) is 24.3 Å². The van der Waals surface area contributed by atoms with Crippen molar-refractivity contribution in [1.29, 1.82) is 0 Å². The molecule has 40 heavy (non-hydrogen) atoms. The number of aliphatic imine (C=N–C) groups is 1. The fraction of sp³-hybridized carbons (Fsp3) is 0.419. The second-order valence-corrected chi connectivity index (χ2v) is 11.3. The van der Waals surface area contributed by atoms with Gasteiger partial charge in [0.2, 0.25) is 17.7 Å². The first-order valence-electron chi connectivity index (χ1n) is 13.6. The molecule has 4 rings (SSSR count). The summed E-state index contributed by atoms with van der Waals surface area (Å²) in [4.78, 5) is 47.3. The molecular weight excluding hydrogens is 508 g/mol. The third-order valence-electron chi connectivity index (χ3n) is 7.00. The Morgan fingerprint density at radius 3 is 2.27 bits per heavy atom. The highest BCUT2D eigenvalue weighted by molar-refractivity contribution is 5.99. The van der Waals surface area contributed by atoms with Gasteiger partial charge in [0.05, 0.1) is 17.3 Å². The van der Waals surface area contributed by atoms with Gasteiger partial charge in [-0.1, -0.05) is 74.5 Å². The van der Waals surface area contributed by atoms with Crippen molar-refractivity contribution in [3.05, 3.63) is 78.0 Å². The highest BCUT2D eigenvalue weighted by Gasteiger charge is 2.41. The number of aliphatic hydroxyl groups is 1. The van der Waals surface area contributed by atoms with Crippen LogP contribution in [0.4, 0.5) is 0 Å². The Balaban J connectivity index is 1.63. The summed E-state index contributed by atoms with van der Waals surface area (Å²) in [7, 11) is 0. The third kappa shape index (κ3) is 6.59. The average molecular weight is 547 g/mol. The fourth-order valence-electron chi connectivity index (χ4n) is 5.02. The van der Waals surface area contributed by atoms with Crippen LogP contribution in [-0.2, 0) is 25.5 Å². The van der Waals surface area contributed by atoms with E-state index in [1.807, 2.05) is 88.4 Å². The summed E-state index contributed by atoms with van der Waals surface area (Å²) in [5.41, 5.74) is 1.61. The van der Waals surface area contributed by atoms with Crippen LogP contribution in [0.15, 0.2) is 71.9 Å². The minimum Gasteiger partial charge on any atom is -0.476 e. The zero-order valence-electron chi connectivity index (χ0n) is 23.7. The van der Waals surface area contributed by atoms with E-state index in [1.54, 1.807) is 6.20 Å². The van der Waals surface area contributed by atoms with Crippen molar-refractivity contribution in [2.24, 2.45) is 10.9 Å². The summed E-state index contributed by atoms with van der Waals surface area (Å²) in [6, 6.07) is 17.2. The van der Waals surface area contributed by atoms with E-state index in [2.05, 4.69) is 10.3 Å². The normalized spacial score (nSPS) is 20.0. The van der Waals surface area contributed by atoms with Gasteiger partial charge in [-0.15, -0.1) is 0 Å². The van der Waals surface area contributed by atoms with Gasteiger partial charge in [-0.05, 0) is 37.3 Å². The van der Waals surface area contributed by atoms with Crippen LogP contribution in [0.25, 0.3) is 5.70 Å². The van der Waals surface area contributed by atoms with E-state index in [-0.39, 0.29) is 30.2 Å². The smallest absolute Gasteiger partial charge is 0.250 e. The van der Waals surface area contributed by atoms with Gasteiger partial charge in [0.1, 0.15) is 25.3 Å². The molecule has 9 nitrogen and oxygen atoms in total. The van der Waals surface area contributed by atoms with Gasteiger partial charge in [-0.25, -0.2) is 4.99 Å². The Kier molecular flexibility index (Phi) is 8.73. The fourth-order valence-corrected chi connectivity index (χ4v) is 5.02. The summed E-state index contributed by atoms with van der Waals surface area (Å²) in [6.07, 6.45) is 0.804. The third-order valence-corrected chi connectivity index (χ3v) is 7.00. The first-order valence-corrected chi connectivity index (χ1v) is 13.6. The van der Waals surface area contributed by atoms with Crippen molar-refractivity contribution in [3.8, 4) is 0 Å². The van der Waals surface area contributed by atoms with Gasteiger partial charge in [0.25, 0.3) is 5.91 Å². The zero-order valence-corrected chi connectivity index (χ0v) is 23.7. The maximum absolute atomic E-state index is 13.8. The number of nitrogens with one attached hydrogen (secondary N) is 1. The van der Waals surface area contributed by atoms with Crippen LogP contribution in [0.3, 0.4) is 0 Å². The number of rotatable bonds is 9. The molecule has 212 valence electrons. The molecule has 2 aliphatic rings. The number of amides is 3. The first kappa shape index (κ1) is 29.0. The number of carbonyl (C=O) groups excluding carboxylic acids is 3. The number of aliphatic hydroxyl groups excluding tert-OH is 1. The Bertz CT molecular complexity index is 1290. The SMILES string of the molecule is CC(=O)N1C=C(c2ccccc2)N(CC(=O)N[C@H](Cc2ccccc2)C(O)C2=NC(C)(C)CO2)C(=O)C1C(C)C. The summed E-state index contributed by atoms with van der Waals surface area (Å²) >= 11 is 0. The predicted octanol–water partition coefficient (Wildman–Crippen LogP) is 3.00. The maximum Gasteiger partial charge on any atom is 0.250 e. The molecule has 2 N–H and O–H groups in total. The van der Waals surface area contributed by atoms with Crippen LogP contribution in [0.1, 0.15) is 45.7 Å². The number of nitrogens with zero attached hydrogens (tertiary/aromatic N) is 3. The van der Waals surface area contributed by atoms with Gasteiger partial charge in [-0.3, -0.25) is 19.3 Å². The standard InChI is InChI=1S/C31H38N4O5/c1-20(2)27-30(39)35(25(17-34(27)21(3)36)23-14-10-7-11-15-23)18-26(37)32-24(16-22-12-8-6-9-13-22)28(38)29-33-31(4,5)19-40-29/h6-15,17,20,24,27-28,38H,16,18-19H2,1-5H3,(H,32,37)/t24-,27?,28?/m1/s1. The predicted molar refractivity (Wildman–Crippen MR) is 153 cm³/mol. The molecule has 2 heterocycles. The summed E-state index contributed by atoms with van der Waals surface area (Å²) in [5, 5.41) is 14.2. The Morgan fingerprint density at radius 2 is 1.73 bits per heavy atom. The van der Waals surface area contributed by atoms with Gasteiger partial charge in [0, 0.05) is 13.1 Å². The topological polar surface area (TPSA) is 112 Å². The van der Waals surface area contributed by atoms with E-state index >= 15 is 0 Å². The molecular formula is C31H38N4O5. The van der Waals surface area contributed by atoms with Crippen LogP contribution in [0, 0.1) is 5.92 Å².